The maximum Gasteiger partial charge on any atom is 0.256 e. The molecular formula is C12H8BrFN2O3. The van der Waals surface area contributed by atoms with E-state index in [-0.39, 0.29) is 11.3 Å². The summed E-state index contributed by atoms with van der Waals surface area (Å²) in [6.07, 6.45) is 0. The van der Waals surface area contributed by atoms with Crippen LogP contribution in [0.2, 0.25) is 0 Å². The molecule has 1 aromatic carbocycles. The molecule has 98 valence electrons. The van der Waals surface area contributed by atoms with Crippen LogP contribution in [0.1, 0.15) is 10.4 Å². The summed E-state index contributed by atoms with van der Waals surface area (Å²) >= 11 is 3.10. The third-order valence-corrected chi connectivity index (χ3v) is 2.76. The summed E-state index contributed by atoms with van der Waals surface area (Å²) in [5, 5.41) is 11.5. The molecule has 0 aliphatic carbocycles. The van der Waals surface area contributed by atoms with Gasteiger partial charge in [0.2, 0.25) is 0 Å². The second-order valence-corrected chi connectivity index (χ2v) is 4.61. The van der Waals surface area contributed by atoms with Crippen LogP contribution in [0.4, 0.5) is 10.1 Å². The highest BCUT2D eigenvalue weighted by molar-refractivity contribution is 9.10. The van der Waals surface area contributed by atoms with E-state index in [2.05, 4.69) is 26.2 Å². The van der Waals surface area contributed by atoms with Crippen LogP contribution in [0.15, 0.2) is 39.6 Å². The number of hydrogen-bond donors (Lipinski definition) is 3. The topological polar surface area (TPSA) is 82.2 Å². The Hall–Kier alpha value is -2.15. The molecule has 0 saturated carbocycles. The van der Waals surface area contributed by atoms with Gasteiger partial charge < -0.3 is 10.4 Å². The predicted octanol–water partition coefficient (Wildman–Crippen LogP) is 2.23. The predicted molar refractivity (Wildman–Crippen MR) is 70.8 cm³/mol. The van der Waals surface area contributed by atoms with Gasteiger partial charge in [-0.05, 0) is 18.2 Å². The molecule has 2 rings (SSSR count). The number of anilines is 1. The molecule has 3 N–H and O–H groups in total. The summed E-state index contributed by atoms with van der Waals surface area (Å²) in [6, 6.07) is 6.22. The highest BCUT2D eigenvalue weighted by Gasteiger charge is 2.11. The van der Waals surface area contributed by atoms with E-state index in [9.17, 15) is 19.1 Å². The van der Waals surface area contributed by atoms with Crippen LogP contribution in [0.5, 0.6) is 5.88 Å². The van der Waals surface area contributed by atoms with E-state index in [1.54, 1.807) is 6.07 Å². The Morgan fingerprint density at radius 2 is 2.05 bits per heavy atom. The number of H-pyrrole nitrogens is 1. The fourth-order valence-electron chi connectivity index (χ4n) is 1.45. The molecular weight excluding hydrogens is 319 g/mol. The largest absolute Gasteiger partial charge is 0.494 e. The van der Waals surface area contributed by atoms with Gasteiger partial charge in [0.05, 0.1) is 11.3 Å². The molecule has 0 saturated heterocycles. The maximum atomic E-state index is 13.5. The van der Waals surface area contributed by atoms with Crippen molar-refractivity contribution < 1.29 is 14.3 Å². The fraction of sp³-hybridized carbons (Fsp3) is 0. The van der Waals surface area contributed by atoms with Gasteiger partial charge in [0, 0.05) is 16.6 Å². The normalized spacial score (nSPS) is 10.2. The van der Waals surface area contributed by atoms with Gasteiger partial charge in [0.25, 0.3) is 11.5 Å². The molecule has 7 heteroatoms. The number of aromatic nitrogens is 1. The van der Waals surface area contributed by atoms with Crippen LogP contribution in [-0.2, 0) is 0 Å². The second kappa shape index (κ2) is 5.23. The molecule has 0 radical (unpaired) electrons. The van der Waals surface area contributed by atoms with E-state index < -0.39 is 23.2 Å². The summed E-state index contributed by atoms with van der Waals surface area (Å²) in [4.78, 5) is 25.0. The molecule has 0 aliphatic rings. The van der Waals surface area contributed by atoms with Gasteiger partial charge >= 0.3 is 0 Å². The zero-order valence-electron chi connectivity index (χ0n) is 9.41. The van der Waals surface area contributed by atoms with Gasteiger partial charge in [-0.3, -0.25) is 14.6 Å². The van der Waals surface area contributed by atoms with Crippen molar-refractivity contribution in [3.05, 3.63) is 56.5 Å². The average molecular weight is 327 g/mol. The van der Waals surface area contributed by atoms with E-state index in [0.29, 0.717) is 4.47 Å². The lowest BCUT2D eigenvalue weighted by molar-refractivity contribution is 0.102. The SMILES string of the molecule is O=C(Nc1ccc(Br)cc1F)c1cc(O)[nH]c(=O)c1. The van der Waals surface area contributed by atoms with E-state index >= 15 is 0 Å². The molecule has 19 heavy (non-hydrogen) atoms. The minimum Gasteiger partial charge on any atom is -0.494 e. The molecule has 0 fully saturated rings. The lowest BCUT2D eigenvalue weighted by Crippen LogP contribution is -2.16. The van der Waals surface area contributed by atoms with E-state index in [0.717, 1.165) is 12.1 Å². The number of carbonyl (C=O) groups is 1. The van der Waals surface area contributed by atoms with Crippen LogP contribution in [-0.4, -0.2) is 16.0 Å². The van der Waals surface area contributed by atoms with Gasteiger partial charge in [0.15, 0.2) is 5.88 Å². The van der Waals surface area contributed by atoms with Crippen LogP contribution in [0, 0.1) is 5.82 Å². The van der Waals surface area contributed by atoms with Crippen molar-refractivity contribution in [3.8, 4) is 5.88 Å². The number of carbonyl (C=O) groups excluding carboxylic acids is 1. The second-order valence-electron chi connectivity index (χ2n) is 3.70. The zero-order valence-corrected chi connectivity index (χ0v) is 11.0. The van der Waals surface area contributed by atoms with Crippen molar-refractivity contribution in [3.63, 3.8) is 0 Å². The van der Waals surface area contributed by atoms with Crippen LogP contribution in [0.25, 0.3) is 0 Å². The Labute approximate surface area is 115 Å². The fourth-order valence-corrected chi connectivity index (χ4v) is 1.78. The molecule has 0 atom stereocenters. The Bertz CT molecular complexity index is 700. The van der Waals surface area contributed by atoms with E-state index in [1.807, 2.05) is 0 Å². The van der Waals surface area contributed by atoms with E-state index in [1.165, 1.54) is 12.1 Å². The van der Waals surface area contributed by atoms with Crippen LogP contribution >= 0.6 is 15.9 Å². The molecule has 0 bridgehead atoms. The number of halogens is 2. The molecule has 0 unspecified atom stereocenters. The lowest BCUT2D eigenvalue weighted by atomic mass is 10.2. The third-order valence-electron chi connectivity index (χ3n) is 2.27. The minimum atomic E-state index is -0.692. The Morgan fingerprint density at radius 3 is 2.68 bits per heavy atom. The zero-order chi connectivity index (χ0) is 14.0. The molecule has 2 aromatic rings. The van der Waals surface area contributed by atoms with Gasteiger partial charge in [-0.25, -0.2) is 4.39 Å². The van der Waals surface area contributed by atoms with E-state index in [4.69, 9.17) is 0 Å². The van der Waals surface area contributed by atoms with Gasteiger partial charge in [-0.15, -0.1) is 0 Å². The standard InChI is InChI=1S/C12H8BrFN2O3/c13-7-1-2-9(8(14)5-7)15-12(19)6-3-10(17)16-11(18)4-6/h1-5H,(H,15,19)(H2,16,17,18). The first-order valence-corrected chi connectivity index (χ1v) is 5.95. The Balaban J connectivity index is 2.28. The Kier molecular flexibility index (Phi) is 3.66. The molecule has 1 aromatic heterocycles. The highest BCUT2D eigenvalue weighted by atomic mass is 79.9. The van der Waals surface area contributed by atoms with Crippen molar-refractivity contribution in [2.24, 2.45) is 0 Å². The maximum absolute atomic E-state index is 13.5. The molecule has 5 nitrogen and oxygen atoms in total. The molecule has 1 amide bonds. The summed E-state index contributed by atoms with van der Waals surface area (Å²) in [6.45, 7) is 0. The number of hydrogen-bond acceptors (Lipinski definition) is 3. The molecule has 0 spiro atoms. The van der Waals surface area contributed by atoms with Crippen molar-refractivity contribution in [2.75, 3.05) is 5.32 Å². The smallest absolute Gasteiger partial charge is 0.256 e. The van der Waals surface area contributed by atoms with Crippen molar-refractivity contribution in [2.45, 2.75) is 0 Å². The summed E-state index contributed by atoms with van der Waals surface area (Å²) in [7, 11) is 0. The summed E-state index contributed by atoms with van der Waals surface area (Å²) < 4.78 is 14.1. The number of rotatable bonds is 2. The monoisotopic (exact) mass is 326 g/mol. The first-order valence-electron chi connectivity index (χ1n) is 5.15. The average Bonchev–Trinajstić information content (AvgIpc) is 2.31. The number of nitrogens with one attached hydrogen (secondary N) is 2. The summed E-state index contributed by atoms with van der Waals surface area (Å²) in [5.74, 6) is -1.74. The Morgan fingerprint density at radius 1 is 1.32 bits per heavy atom. The first kappa shape index (κ1) is 13.3. The highest BCUT2D eigenvalue weighted by Crippen LogP contribution is 2.20. The third kappa shape index (κ3) is 3.19. The van der Waals surface area contributed by atoms with Crippen molar-refractivity contribution >= 4 is 27.5 Å². The first-order chi connectivity index (χ1) is 8.95. The van der Waals surface area contributed by atoms with Gasteiger partial charge in [-0.2, -0.15) is 0 Å². The number of amides is 1. The molecule has 1 heterocycles. The number of aromatic hydroxyl groups is 1. The van der Waals surface area contributed by atoms with Gasteiger partial charge in [-0.1, -0.05) is 15.9 Å². The van der Waals surface area contributed by atoms with Crippen LogP contribution in [0.3, 0.4) is 0 Å². The minimum absolute atomic E-state index is 0.0204. The quantitative estimate of drug-likeness (QED) is 0.791. The van der Waals surface area contributed by atoms with Crippen molar-refractivity contribution in [1.29, 1.82) is 0 Å². The lowest BCUT2D eigenvalue weighted by Gasteiger charge is -2.06. The summed E-state index contributed by atoms with van der Waals surface area (Å²) in [5.41, 5.74) is -0.710. The number of pyridine rings is 1. The van der Waals surface area contributed by atoms with Crippen molar-refractivity contribution in [1.82, 2.24) is 4.98 Å². The molecule has 0 aliphatic heterocycles. The number of aromatic amines is 1. The number of benzene rings is 1. The van der Waals surface area contributed by atoms with Crippen LogP contribution < -0.4 is 10.9 Å². The van der Waals surface area contributed by atoms with Gasteiger partial charge in [0.1, 0.15) is 5.82 Å².